The van der Waals surface area contributed by atoms with E-state index in [1.165, 1.54) is 23.3 Å². The summed E-state index contributed by atoms with van der Waals surface area (Å²) in [5, 5.41) is 15.1. The van der Waals surface area contributed by atoms with E-state index in [1.54, 1.807) is 32.9 Å². The van der Waals surface area contributed by atoms with Crippen molar-refractivity contribution < 1.29 is 52.8 Å². The number of hydrogen-bond acceptors (Lipinski definition) is 12. The number of nitrogens with one attached hydrogen (secondary N) is 1. The van der Waals surface area contributed by atoms with Crippen LogP contribution in [0.5, 0.6) is 0 Å². The quantitative estimate of drug-likeness (QED) is 0.0692. The number of rotatable bonds is 21. The zero-order valence-electron chi connectivity index (χ0n) is 46.4. The Bertz CT molecular complexity index is 2380. The normalized spacial score (nSPS) is 32.5. The van der Waals surface area contributed by atoms with E-state index in [2.05, 4.69) is 70.3 Å². The third-order valence-corrected chi connectivity index (χ3v) is 18.1. The van der Waals surface area contributed by atoms with E-state index in [-0.39, 0.29) is 37.8 Å². The van der Waals surface area contributed by atoms with E-state index < -0.39 is 89.7 Å². The molecule has 0 spiro atoms. The number of ether oxygens (including phenoxy) is 5. The van der Waals surface area contributed by atoms with Crippen molar-refractivity contribution in [2.45, 2.75) is 237 Å². The molecule has 2 N–H and O–H groups in total. The van der Waals surface area contributed by atoms with Gasteiger partial charge >= 0.3 is 11.9 Å². The Balaban J connectivity index is 1.02. The van der Waals surface area contributed by atoms with E-state index in [4.69, 9.17) is 28.5 Å². The second-order valence-corrected chi connectivity index (χ2v) is 25.2. The Morgan fingerprint density at radius 2 is 1.60 bits per heavy atom. The smallest absolute Gasteiger partial charge is 0.327 e. The zero-order valence-corrected chi connectivity index (χ0v) is 46.4. The first-order valence-electron chi connectivity index (χ1n) is 28.6. The van der Waals surface area contributed by atoms with Gasteiger partial charge in [-0.2, -0.15) is 5.06 Å². The lowest BCUT2D eigenvalue weighted by atomic mass is 9.52. The SMILES string of the molecule is CCCCCC1(CCCCC)OC2C3CC4(C(=O)N(C)C(Cc5ccccc5)C(=O)NC(CO)CCC(=O)OC(C)(C)C)C(ON(Cc5ccc(C=C6CCC7OC7(C)CCC7C6CC7(C)C)cc5)C4C(=O)O3)C2O1. The van der Waals surface area contributed by atoms with Gasteiger partial charge in [0.05, 0.1) is 30.9 Å². The van der Waals surface area contributed by atoms with Crippen LogP contribution in [-0.2, 0) is 60.7 Å². The van der Waals surface area contributed by atoms with Crippen LogP contribution in [-0.4, -0.2) is 118 Å². The number of aliphatic hydroxyl groups excluding tert-OH is 1. The molecule has 2 bridgehead atoms. The lowest BCUT2D eigenvalue weighted by molar-refractivity contribution is -0.225. The number of allylic oxidation sites excluding steroid dienone is 1. The molecule has 14 nitrogen and oxygen atoms in total. The minimum atomic E-state index is -1.53. The molecule has 12 unspecified atom stereocenters. The van der Waals surface area contributed by atoms with Gasteiger partial charge in [0.1, 0.15) is 41.5 Å². The van der Waals surface area contributed by atoms with Crippen molar-refractivity contribution in [3.63, 3.8) is 0 Å². The van der Waals surface area contributed by atoms with Gasteiger partial charge in [-0.25, -0.2) is 0 Å². The number of aliphatic hydroxyl groups is 1. The fourth-order valence-electron chi connectivity index (χ4n) is 13.9. The number of esters is 2. The van der Waals surface area contributed by atoms with Gasteiger partial charge in [0, 0.05) is 39.2 Å². The maximum atomic E-state index is 16.1. The maximum Gasteiger partial charge on any atom is 0.327 e. The number of carbonyl (C=O) groups is 4. The van der Waals surface area contributed by atoms with E-state index in [0.29, 0.717) is 36.2 Å². The molecule has 9 rings (SSSR count). The van der Waals surface area contributed by atoms with Crippen molar-refractivity contribution in [2.75, 3.05) is 13.7 Å². The Kier molecular flexibility index (Phi) is 16.5. The van der Waals surface area contributed by atoms with Crippen molar-refractivity contribution >= 4 is 29.8 Å². The van der Waals surface area contributed by atoms with E-state index in [0.717, 1.165) is 74.5 Å². The predicted molar refractivity (Wildman–Crippen MR) is 284 cm³/mol. The topological polar surface area (TPSA) is 166 Å². The van der Waals surface area contributed by atoms with Crippen LogP contribution >= 0.6 is 0 Å². The van der Waals surface area contributed by atoms with Gasteiger partial charge in [-0.05, 0) is 113 Å². The highest BCUT2D eigenvalue weighted by Gasteiger charge is 2.77. The monoisotopic (exact) mass is 1040 g/mol. The standard InChI is InChI=1S/C61H87N3O11/c1-10-12-17-30-60(31-18-13-11-2)73-50-47-36-61(56(69)63(9)46(34-39-19-15-14-16-20-39)54(67)62-43(38-65)26-28-49(66)72-57(3,4)5)52(55(68)70-47)64(75-53(61)51(50)74-60)37-41-23-21-40(22-24-41)33-42-25-27-48-59(8,71-48)32-29-45-44(42)35-58(45,6)7/h14-16,19-24,33,43-48,50-53,65H,10-13,17-18,25-32,34-38H2,1-9H3,(H,62,67). The molecule has 75 heavy (non-hydrogen) atoms. The van der Waals surface area contributed by atoms with Crippen LogP contribution in [0.15, 0.2) is 60.2 Å². The first kappa shape index (κ1) is 55.6. The minimum absolute atomic E-state index is 0.0188. The largest absolute Gasteiger partial charge is 0.460 e. The maximum absolute atomic E-state index is 16.1. The summed E-state index contributed by atoms with van der Waals surface area (Å²) in [7, 11) is 1.61. The Morgan fingerprint density at radius 3 is 2.25 bits per heavy atom. The summed E-state index contributed by atoms with van der Waals surface area (Å²) < 4.78 is 32.4. The second-order valence-electron chi connectivity index (χ2n) is 25.2. The number of amides is 2. The molecule has 7 aliphatic rings. The van der Waals surface area contributed by atoms with E-state index >= 15 is 4.79 Å². The molecule has 412 valence electrons. The molecule has 4 aliphatic heterocycles. The highest BCUT2D eigenvalue weighted by molar-refractivity contribution is 5.96. The molecule has 2 aromatic carbocycles. The number of likely N-dealkylation sites (N-methyl/N-ethyl adjacent to an activating group) is 1. The zero-order chi connectivity index (χ0) is 53.5. The van der Waals surface area contributed by atoms with Crippen LogP contribution in [0.3, 0.4) is 0 Å². The Hall–Kier alpha value is -4.18. The molecule has 4 saturated heterocycles. The third kappa shape index (κ3) is 11.7. The number of carbonyl (C=O) groups excluding carboxylic acids is 4. The molecule has 3 aliphatic carbocycles. The van der Waals surface area contributed by atoms with Gasteiger partial charge in [-0.3, -0.25) is 24.0 Å². The molecule has 2 aromatic rings. The highest BCUT2D eigenvalue weighted by atomic mass is 16.8. The minimum Gasteiger partial charge on any atom is -0.460 e. The summed E-state index contributed by atoms with van der Waals surface area (Å²) >= 11 is 0. The number of epoxide rings is 1. The molecule has 4 heterocycles. The van der Waals surface area contributed by atoms with Gasteiger partial charge in [0.2, 0.25) is 11.8 Å². The lowest BCUT2D eigenvalue weighted by Gasteiger charge is -2.53. The lowest BCUT2D eigenvalue weighted by Crippen LogP contribution is -2.70. The molecule has 7 fully saturated rings. The van der Waals surface area contributed by atoms with Crippen LogP contribution in [0.1, 0.15) is 175 Å². The molecule has 0 radical (unpaired) electrons. The van der Waals surface area contributed by atoms with Crippen LogP contribution in [0.2, 0.25) is 0 Å². The van der Waals surface area contributed by atoms with Crippen molar-refractivity contribution in [2.24, 2.45) is 22.7 Å². The van der Waals surface area contributed by atoms with Crippen molar-refractivity contribution in [1.29, 1.82) is 0 Å². The van der Waals surface area contributed by atoms with Crippen LogP contribution < -0.4 is 5.32 Å². The molecular formula is C61H87N3O11. The van der Waals surface area contributed by atoms with Crippen LogP contribution in [0, 0.1) is 22.7 Å². The number of hydroxylamine groups is 2. The first-order valence-corrected chi connectivity index (χ1v) is 28.6. The predicted octanol–water partition coefficient (Wildman–Crippen LogP) is 9.57. The van der Waals surface area contributed by atoms with Crippen LogP contribution in [0.4, 0.5) is 0 Å². The van der Waals surface area contributed by atoms with E-state index in [1.807, 2.05) is 30.3 Å². The number of fused-ring (bicyclic) bond motifs is 6. The Morgan fingerprint density at radius 1 is 0.907 bits per heavy atom. The summed E-state index contributed by atoms with van der Waals surface area (Å²) in [6.07, 6.45) is 12.6. The van der Waals surface area contributed by atoms with Crippen LogP contribution in [0.25, 0.3) is 6.08 Å². The average molecular weight is 1040 g/mol. The summed E-state index contributed by atoms with van der Waals surface area (Å²) in [5.74, 6) is -1.71. The van der Waals surface area contributed by atoms with Crippen molar-refractivity contribution in [3.8, 4) is 0 Å². The molecule has 0 aromatic heterocycles. The third-order valence-electron chi connectivity index (χ3n) is 18.1. The molecule has 12 atom stereocenters. The van der Waals surface area contributed by atoms with E-state index in [9.17, 15) is 19.5 Å². The average Bonchev–Trinajstić information content (AvgIpc) is 3.74. The van der Waals surface area contributed by atoms with Gasteiger partial charge in [0.15, 0.2) is 11.8 Å². The first-order chi connectivity index (χ1) is 35.7. The number of benzene rings is 2. The fraction of sp³-hybridized carbons (Fsp3) is 0.705. The molecular weight excluding hydrogens is 951 g/mol. The fourth-order valence-corrected chi connectivity index (χ4v) is 13.9. The second kappa shape index (κ2) is 22.3. The Labute approximate surface area is 446 Å². The summed E-state index contributed by atoms with van der Waals surface area (Å²) in [6, 6.07) is 14.9. The summed E-state index contributed by atoms with van der Waals surface area (Å²) in [6.45, 7) is 16.6. The van der Waals surface area contributed by atoms with Crippen molar-refractivity contribution in [3.05, 3.63) is 76.9 Å². The highest BCUT2D eigenvalue weighted by Crippen LogP contribution is 2.61. The van der Waals surface area contributed by atoms with Gasteiger partial charge in [0.25, 0.3) is 0 Å². The number of hydrogen-bond donors (Lipinski definition) is 2. The summed E-state index contributed by atoms with van der Waals surface area (Å²) in [4.78, 5) is 67.0. The number of unbranched alkanes of at least 4 members (excludes halogenated alkanes) is 4. The number of nitrogens with zero attached hydrogens (tertiary/aromatic N) is 2. The van der Waals surface area contributed by atoms with Gasteiger partial charge in [-0.15, -0.1) is 0 Å². The van der Waals surface area contributed by atoms with Gasteiger partial charge in [-0.1, -0.05) is 120 Å². The van der Waals surface area contributed by atoms with Crippen molar-refractivity contribution in [1.82, 2.24) is 15.3 Å². The molecule has 2 amide bonds. The van der Waals surface area contributed by atoms with Gasteiger partial charge < -0.3 is 39.0 Å². The summed E-state index contributed by atoms with van der Waals surface area (Å²) in [5.41, 5.74) is 2.45. The molecule has 3 saturated carbocycles. The molecule has 14 heteroatoms.